The first-order chi connectivity index (χ1) is 8.85. The first-order valence-corrected chi connectivity index (χ1v) is 7.88. The third kappa shape index (κ3) is 5.52. The zero-order valence-corrected chi connectivity index (χ0v) is 13.5. The molecule has 0 saturated carbocycles. The molecule has 0 radical (unpaired) electrons. The van der Waals surface area contributed by atoms with Gasteiger partial charge in [0.15, 0.2) is 0 Å². The van der Waals surface area contributed by atoms with E-state index in [1.54, 1.807) is 0 Å². The summed E-state index contributed by atoms with van der Waals surface area (Å²) in [6.07, 6.45) is 5.99. The largest absolute Gasteiger partial charge is 0.328 e. The van der Waals surface area contributed by atoms with Gasteiger partial charge < -0.3 is 4.90 Å². The SMILES string of the molecule is CCCCCC(C)(C)CN1CNC(CC(C)C)C1=O. The van der Waals surface area contributed by atoms with Crippen molar-refractivity contribution in [2.75, 3.05) is 13.2 Å². The molecule has 1 rings (SSSR count). The van der Waals surface area contributed by atoms with Crippen molar-refractivity contribution >= 4 is 5.91 Å². The number of hydrogen-bond donors (Lipinski definition) is 1. The summed E-state index contributed by atoms with van der Waals surface area (Å²) >= 11 is 0. The second-order valence-corrected chi connectivity index (χ2v) is 7.20. The van der Waals surface area contributed by atoms with Gasteiger partial charge in [0.05, 0.1) is 12.7 Å². The molecule has 1 N–H and O–H groups in total. The highest BCUT2D eigenvalue weighted by Crippen LogP contribution is 2.26. The first-order valence-electron chi connectivity index (χ1n) is 7.88. The Hall–Kier alpha value is -0.570. The summed E-state index contributed by atoms with van der Waals surface area (Å²) in [5.74, 6) is 0.872. The third-order valence-electron chi connectivity index (χ3n) is 3.92. The fourth-order valence-electron chi connectivity index (χ4n) is 2.84. The lowest BCUT2D eigenvalue weighted by atomic mass is 9.86. The summed E-state index contributed by atoms with van der Waals surface area (Å²) in [5, 5.41) is 3.35. The van der Waals surface area contributed by atoms with Gasteiger partial charge in [0.25, 0.3) is 0 Å². The second kappa shape index (κ2) is 7.28. The highest BCUT2D eigenvalue weighted by Gasteiger charge is 2.34. The van der Waals surface area contributed by atoms with Gasteiger partial charge in [0, 0.05) is 6.54 Å². The van der Waals surface area contributed by atoms with Crippen LogP contribution >= 0.6 is 0 Å². The van der Waals surface area contributed by atoms with Gasteiger partial charge in [0.2, 0.25) is 5.91 Å². The van der Waals surface area contributed by atoms with E-state index in [4.69, 9.17) is 0 Å². The van der Waals surface area contributed by atoms with E-state index in [-0.39, 0.29) is 11.5 Å². The molecular formula is C16H32N2O. The number of nitrogens with one attached hydrogen (secondary N) is 1. The predicted octanol–water partition coefficient (Wildman–Crippen LogP) is 3.40. The molecule has 0 aromatic rings. The molecule has 1 saturated heterocycles. The van der Waals surface area contributed by atoms with Crippen LogP contribution in [0.25, 0.3) is 0 Å². The molecule has 1 aliphatic rings. The number of unbranched alkanes of at least 4 members (excludes halogenated alkanes) is 2. The van der Waals surface area contributed by atoms with Crippen LogP contribution in [0.2, 0.25) is 0 Å². The van der Waals surface area contributed by atoms with Crippen LogP contribution in [0.4, 0.5) is 0 Å². The van der Waals surface area contributed by atoms with Crippen molar-refractivity contribution in [2.24, 2.45) is 11.3 Å². The maximum atomic E-state index is 12.3. The van der Waals surface area contributed by atoms with E-state index < -0.39 is 0 Å². The standard InChI is InChI=1S/C16H32N2O/c1-6-7-8-9-16(4,5)11-18-12-17-14(15(18)19)10-13(2)3/h13-14,17H,6-12H2,1-5H3. The minimum absolute atomic E-state index is 0.0476. The van der Waals surface area contributed by atoms with Crippen LogP contribution in [0.1, 0.15) is 66.7 Å². The molecule has 1 atom stereocenters. The monoisotopic (exact) mass is 268 g/mol. The van der Waals surface area contributed by atoms with E-state index in [0.717, 1.165) is 19.6 Å². The number of amides is 1. The molecule has 0 aromatic carbocycles. The topological polar surface area (TPSA) is 32.3 Å². The van der Waals surface area contributed by atoms with Crippen LogP contribution in [-0.2, 0) is 4.79 Å². The number of nitrogens with zero attached hydrogens (tertiary/aromatic N) is 1. The lowest BCUT2D eigenvalue weighted by molar-refractivity contribution is -0.130. The van der Waals surface area contributed by atoms with Crippen molar-refractivity contribution in [3.8, 4) is 0 Å². The van der Waals surface area contributed by atoms with Crippen molar-refractivity contribution in [1.82, 2.24) is 10.2 Å². The van der Waals surface area contributed by atoms with E-state index in [1.807, 2.05) is 4.90 Å². The number of hydrogen-bond acceptors (Lipinski definition) is 2. The minimum atomic E-state index is 0.0476. The van der Waals surface area contributed by atoms with Crippen molar-refractivity contribution in [3.63, 3.8) is 0 Å². The Balaban J connectivity index is 2.42. The summed E-state index contributed by atoms with van der Waals surface area (Å²) in [6, 6.07) is 0.0476. The fourth-order valence-corrected chi connectivity index (χ4v) is 2.84. The molecule has 3 heteroatoms. The molecule has 1 unspecified atom stereocenters. The number of rotatable bonds is 8. The minimum Gasteiger partial charge on any atom is -0.328 e. The molecule has 19 heavy (non-hydrogen) atoms. The smallest absolute Gasteiger partial charge is 0.240 e. The Kier molecular flexibility index (Phi) is 6.31. The summed E-state index contributed by atoms with van der Waals surface area (Å²) in [7, 11) is 0. The Labute approximate surface area is 119 Å². The predicted molar refractivity (Wildman–Crippen MR) is 80.9 cm³/mol. The molecule has 0 aromatic heterocycles. The third-order valence-corrected chi connectivity index (χ3v) is 3.92. The molecule has 1 fully saturated rings. The van der Waals surface area contributed by atoms with Crippen molar-refractivity contribution in [3.05, 3.63) is 0 Å². The molecule has 0 spiro atoms. The van der Waals surface area contributed by atoms with E-state index >= 15 is 0 Å². The molecule has 1 amide bonds. The molecule has 1 aliphatic heterocycles. The lowest BCUT2D eigenvalue weighted by Gasteiger charge is -2.30. The van der Waals surface area contributed by atoms with Crippen LogP contribution in [0.15, 0.2) is 0 Å². The zero-order chi connectivity index (χ0) is 14.5. The maximum absolute atomic E-state index is 12.3. The Morgan fingerprint density at radius 2 is 2.05 bits per heavy atom. The molecule has 0 bridgehead atoms. The van der Waals surface area contributed by atoms with Gasteiger partial charge in [-0.1, -0.05) is 53.9 Å². The molecule has 3 nitrogen and oxygen atoms in total. The Morgan fingerprint density at radius 1 is 1.37 bits per heavy atom. The molecule has 1 heterocycles. The van der Waals surface area contributed by atoms with Crippen LogP contribution in [-0.4, -0.2) is 30.1 Å². The summed E-state index contributed by atoms with van der Waals surface area (Å²) in [4.78, 5) is 14.3. The van der Waals surface area contributed by atoms with Crippen molar-refractivity contribution in [1.29, 1.82) is 0 Å². The van der Waals surface area contributed by atoms with E-state index in [0.29, 0.717) is 11.8 Å². The summed E-state index contributed by atoms with van der Waals surface area (Å²) < 4.78 is 0. The van der Waals surface area contributed by atoms with Gasteiger partial charge in [-0.2, -0.15) is 0 Å². The maximum Gasteiger partial charge on any atom is 0.240 e. The number of carbonyl (C=O) groups is 1. The van der Waals surface area contributed by atoms with E-state index in [2.05, 4.69) is 39.9 Å². The molecular weight excluding hydrogens is 236 g/mol. The summed E-state index contributed by atoms with van der Waals surface area (Å²) in [5.41, 5.74) is 0.235. The van der Waals surface area contributed by atoms with Gasteiger partial charge in [-0.05, 0) is 24.2 Å². The summed E-state index contributed by atoms with van der Waals surface area (Å²) in [6.45, 7) is 12.8. The zero-order valence-electron chi connectivity index (χ0n) is 13.5. The van der Waals surface area contributed by atoms with E-state index in [1.165, 1.54) is 25.7 Å². The van der Waals surface area contributed by atoms with Gasteiger partial charge in [-0.15, -0.1) is 0 Å². The average molecular weight is 268 g/mol. The fraction of sp³-hybridized carbons (Fsp3) is 0.938. The van der Waals surface area contributed by atoms with Gasteiger partial charge in [-0.3, -0.25) is 10.1 Å². The first kappa shape index (κ1) is 16.5. The van der Waals surface area contributed by atoms with Crippen LogP contribution < -0.4 is 5.32 Å². The highest BCUT2D eigenvalue weighted by molar-refractivity contribution is 5.83. The van der Waals surface area contributed by atoms with Crippen molar-refractivity contribution in [2.45, 2.75) is 72.8 Å². The molecule has 112 valence electrons. The van der Waals surface area contributed by atoms with Gasteiger partial charge in [0.1, 0.15) is 0 Å². The Bertz CT molecular complexity index is 286. The van der Waals surface area contributed by atoms with E-state index in [9.17, 15) is 4.79 Å². The normalized spacial score (nSPS) is 20.6. The second-order valence-electron chi connectivity index (χ2n) is 7.20. The Morgan fingerprint density at radius 3 is 2.63 bits per heavy atom. The van der Waals surface area contributed by atoms with Crippen molar-refractivity contribution < 1.29 is 4.79 Å². The van der Waals surface area contributed by atoms with Crippen LogP contribution in [0, 0.1) is 11.3 Å². The quantitative estimate of drug-likeness (QED) is 0.684. The highest BCUT2D eigenvalue weighted by atomic mass is 16.2. The van der Waals surface area contributed by atoms with Crippen LogP contribution in [0.5, 0.6) is 0 Å². The lowest BCUT2D eigenvalue weighted by Crippen LogP contribution is -2.37. The van der Waals surface area contributed by atoms with Gasteiger partial charge >= 0.3 is 0 Å². The van der Waals surface area contributed by atoms with Crippen LogP contribution in [0.3, 0.4) is 0 Å². The van der Waals surface area contributed by atoms with Gasteiger partial charge in [-0.25, -0.2) is 0 Å². The molecule has 0 aliphatic carbocycles. The average Bonchev–Trinajstić information content (AvgIpc) is 2.60. The number of carbonyl (C=O) groups excluding carboxylic acids is 1.